The summed E-state index contributed by atoms with van der Waals surface area (Å²) in [5.41, 5.74) is -0.746. The fourth-order valence-electron chi connectivity index (χ4n) is 2.88. The van der Waals surface area contributed by atoms with E-state index in [-0.39, 0.29) is 17.3 Å². The van der Waals surface area contributed by atoms with E-state index in [0.29, 0.717) is 45.6 Å². The Morgan fingerprint density at radius 2 is 2.00 bits per heavy atom. The van der Waals surface area contributed by atoms with E-state index in [4.69, 9.17) is 4.74 Å². The fraction of sp³-hybridized carbons (Fsp3) is 0.789. The van der Waals surface area contributed by atoms with Crippen LogP contribution in [-0.4, -0.2) is 65.9 Å². The summed E-state index contributed by atoms with van der Waals surface area (Å²) in [6, 6.07) is 1.39. The summed E-state index contributed by atoms with van der Waals surface area (Å²) in [5.74, 6) is -0.170. The molecule has 0 aromatic carbocycles. The van der Waals surface area contributed by atoms with Crippen LogP contribution in [0.25, 0.3) is 0 Å². The largest absolute Gasteiger partial charge is 0.465 e. The summed E-state index contributed by atoms with van der Waals surface area (Å²) in [4.78, 5) is 30.4. The van der Waals surface area contributed by atoms with Crippen molar-refractivity contribution in [3.05, 3.63) is 0 Å². The summed E-state index contributed by atoms with van der Waals surface area (Å²) in [7, 11) is 0. The predicted molar refractivity (Wildman–Crippen MR) is 104 cm³/mol. The molecule has 1 heterocycles. The number of carbonyl (C=O) groups is 2. The molecule has 156 valence electrons. The van der Waals surface area contributed by atoms with E-state index in [0.717, 1.165) is 12.8 Å². The maximum atomic E-state index is 12.9. The highest BCUT2D eigenvalue weighted by atomic mass is 16.5. The van der Waals surface area contributed by atoms with Crippen LogP contribution in [0, 0.1) is 16.7 Å². The van der Waals surface area contributed by atoms with Gasteiger partial charge >= 0.3 is 6.09 Å². The Morgan fingerprint density at radius 1 is 1.36 bits per heavy atom. The second kappa shape index (κ2) is 9.24. The Hall–Kier alpha value is -2.34. The van der Waals surface area contributed by atoms with Crippen molar-refractivity contribution in [3.63, 3.8) is 0 Å². The third-order valence-corrected chi connectivity index (χ3v) is 5.49. The van der Waals surface area contributed by atoms with Crippen molar-refractivity contribution in [2.45, 2.75) is 64.5 Å². The lowest BCUT2D eigenvalue weighted by atomic mass is 9.84. The SMILES string of the molecule is CCC(C)(C)CCC(N=C(NC(=O)O)N1CCOCC1)C(=O)NC1(C#N)CC1. The van der Waals surface area contributed by atoms with Crippen LogP contribution < -0.4 is 10.6 Å². The number of hydrogen-bond acceptors (Lipinski definition) is 5. The molecule has 0 radical (unpaired) electrons. The molecule has 1 aliphatic carbocycles. The quantitative estimate of drug-likeness (QED) is 0.446. The van der Waals surface area contributed by atoms with Crippen molar-refractivity contribution in [1.29, 1.82) is 5.26 Å². The number of nitrogens with zero attached hydrogens (tertiary/aromatic N) is 3. The Bertz CT molecular complexity index is 645. The lowest BCUT2D eigenvalue weighted by Crippen LogP contribution is -2.50. The van der Waals surface area contributed by atoms with Crippen LogP contribution in [0.5, 0.6) is 0 Å². The molecule has 3 N–H and O–H groups in total. The molecule has 2 aliphatic rings. The van der Waals surface area contributed by atoms with Gasteiger partial charge < -0.3 is 20.1 Å². The summed E-state index contributed by atoms with van der Waals surface area (Å²) in [6.45, 7) is 8.28. The van der Waals surface area contributed by atoms with Gasteiger partial charge in [-0.15, -0.1) is 0 Å². The smallest absolute Gasteiger partial charge is 0.411 e. The third kappa shape index (κ3) is 6.37. The molecule has 28 heavy (non-hydrogen) atoms. The van der Waals surface area contributed by atoms with Gasteiger partial charge in [0.1, 0.15) is 11.6 Å². The van der Waals surface area contributed by atoms with E-state index in [1.807, 2.05) is 0 Å². The lowest BCUT2D eigenvalue weighted by Gasteiger charge is -2.30. The van der Waals surface area contributed by atoms with Crippen molar-refractivity contribution in [2.75, 3.05) is 26.3 Å². The zero-order valence-electron chi connectivity index (χ0n) is 17.0. The number of carbonyl (C=O) groups excluding carboxylic acids is 1. The molecule has 9 nitrogen and oxygen atoms in total. The minimum Gasteiger partial charge on any atom is -0.465 e. The van der Waals surface area contributed by atoms with E-state index >= 15 is 0 Å². The van der Waals surface area contributed by atoms with Crippen molar-refractivity contribution in [3.8, 4) is 6.07 Å². The van der Waals surface area contributed by atoms with Crippen molar-refractivity contribution < 1.29 is 19.4 Å². The number of morpholine rings is 1. The van der Waals surface area contributed by atoms with Gasteiger partial charge in [0.2, 0.25) is 11.9 Å². The number of ether oxygens (including phenoxy) is 1. The highest BCUT2D eigenvalue weighted by Gasteiger charge is 2.45. The van der Waals surface area contributed by atoms with Crippen LogP contribution in [0.15, 0.2) is 4.99 Å². The number of guanidine groups is 1. The lowest BCUT2D eigenvalue weighted by molar-refractivity contribution is -0.123. The van der Waals surface area contributed by atoms with Gasteiger partial charge in [0.15, 0.2) is 0 Å². The first kappa shape index (κ1) is 22.0. The van der Waals surface area contributed by atoms with Crippen LogP contribution in [-0.2, 0) is 9.53 Å². The number of nitrogens with one attached hydrogen (secondary N) is 2. The summed E-state index contributed by atoms with van der Waals surface area (Å²) in [5, 5.41) is 23.6. The number of rotatable bonds is 7. The fourth-order valence-corrected chi connectivity index (χ4v) is 2.88. The maximum absolute atomic E-state index is 12.9. The topological polar surface area (TPSA) is 127 Å². The standard InChI is InChI=1S/C19H31N5O4/c1-4-18(2,3)6-5-14(15(25)23-19(13-20)7-8-19)21-16(22-17(26)27)24-9-11-28-12-10-24/h14H,4-12H2,1-3H3,(H,21,22)(H,23,25)(H,26,27). The van der Waals surface area contributed by atoms with Crippen LogP contribution >= 0.6 is 0 Å². The molecule has 1 saturated carbocycles. The number of amides is 2. The van der Waals surface area contributed by atoms with Gasteiger partial charge in [-0.05, 0) is 31.1 Å². The average molecular weight is 393 g/mol. The van der Waals surface area contributed by atoms with Gasteiger partial charge in [-0.1, -0.05) is 27.2 Å². The zero-order valence-corrected chi connectivity index (χ0v) is 17.0. The van der Waals surface area contributed by atoms with E-state index in [2.05, 4.69) is 42.5 Å². The second-order valence-corrected chi connectivity index (χ2v) is 8.24. The second-order valence-electron chi connectivity index (χ2n) is 8.24. The molecule has 0 aromatic heterocycles. The number of hydrogen-bond donors (Lipinski definition) is 3. The molecule has 0 aromatic rings. The van der Waals surface area contributed by atoms with E-state index < -0.39 is 17.7 Å². The van der Waals surface area contributed by atoms with Gasteiger partial charge in [0.05, 0.1) is 19.3 Å². The Balaban J connectivity index is 2.22. The van der Waals surface area contributed by atoms with Gasteiger partial charge in [0, 0.05) is 13.1 Å². The first-order chi connectivity index (χ1) is 13.2. The predicted octanol–water partition coefficient (Wildman–Crippen LogP) is 1.70. The highest BCUT2D eigenvalue weighted by molar-refractivity contribution is 5.95. The van der Waals surface area contributed by atoms with Crippen LogP contribution in [0.3, 0.4) is 0 Å². The third-order valence-electron chi connectivity index (χ3n) is 5.49. The highest BCUT2D eigenvalue weighted by Crippen LogP contribution is 2.35. The molecule has 2 amide bonds. The van der Waals surface area contributed by atoms with E-state index in [1.165, 1.54) is 0 Å². The van der Waals surface area contributed by atoms with E-state index in [1.54, 1.807) is 4.90 Å². The molecule has 2 rings (SSSR count). The van der Waals surface area contributed by atoms with Crippen LogP contribution in [0.2, 0.25) is 0 Å². The van der Waals surface area contributed by atoms with Crippen LogP contribution in [0.4, 0.5) is 4.79 Å². The normalized spacial score (nSPS) is 20.1. The first-order valence-electron chi connectivity index (χ1n) is 9.84. The van der Waals surface area contributed by atoms with Gasteiger partial charge in [-0.3, -0.25) is 10.1 Å². The zero-order chi connectivity index (χ0) is 20.8. The molecule has 0 spiro atoms. The number of aliphatic imine (C=N–C) groups is 1. The van der Waals surface area contributed by atoms with Crippen molar-refractivity contribution in [1.82, 2.24) is 15.5 Å². The molecular weight excluding hydrogens is 362 g/mol. The summed E-state index contributed by atoms with van der Waals surface area (Å²) in [6.07, 6.45) is 2.23. The maximum Gasteiger partial charge on any atom is 0.411 e. The molecule has 9 heteroatoms. The number of nitriles is 1. The Morgan fingerprint density at radius 3 is 2.50 bits per heavy atom. The number of carboxylic acid groups (broad SMARTS) is 1. The average Bonchev–Trinajstić information content (AvgIpc) is 3.44. The first-order valence-corrected chi connectivity index (χ1v) is 9.84. The van der Waals surface area contributed by atoms with Crippen molar-refractivity contribution >= 4 is 18.0 Å². The molecular formula is C19H31N5O4. The summed E-state index contributed by atoms with van der Waals surface area (Å²) >= 11 is 0. The Labute approximate surface area is 166 Å². The minimum atomic E-state index is -1.23. The van der Waals surface area contributed by atoms with Crippen molar-refractivity contribution in [2.24, 2.45) is 10.4 Å². The minimum absolute atomic E-state index is 0.0416. The summed E-state index contributed by atoms with van der Waals surface area (Å²) < 4.78 is 5.32. The van der Waals surface area contributed by atoms with Gasteiger partial charge in [0.25, 0.3) is 0 Å². The molecule has 1 unspecified atom stereocenters. The van der Waals surface area contributed by atoms with E-state index in [9.17, 15) is 20.0 Å². The molecule has 1 atom stereocenters. The molecule has 0 bridgehead atoms. The molecule has 1 saturated heterocycles. The monoisotopic (exact) mass is 393 g/mol. The Kier molecular flexibility index (Phi) is 7.24. The molecule has 2 fully saturated rings. The van der Waals surface area contributed by atoms with Gasteiger partial charge in [-0.2, -0.15) is 5.26 Å². The van der Waals surface area contributed by atoms with Crippen LogP contribution in [0.1, 0.15) is 52.9 Å². The van der Waals surface area contributed by atoms with Gasteiger partial charge in [-0.25, -0.2) is 9.79 Å². The molecule has 1 aliphatic heterocycles.